The van der Waals surface area contributed by atoms with E-state index in [0.29, 0.717) is 25.7 Å². The van der Waals surface area contributed by atoms with Gasteiger partial charge < -0.3 is 49.2 Å². The molecule has 4 N–H and O–H groups in total. The molecule has 3 aliphatic heterocycles. The second-order valence-corrected chi connectivity index (χ2v) is 17.7. The first-order chi connectivity index (χ1) is 29.9. The van der Waals surface area contributed by atoms with E-state index in [1.54, 1.807) is 0 Å². The first kappa shape index (κ1) is 41.1. The number of alkyl carbamates (subject to hydrolysis) is 2. The third-order valence-electron chi connectivity index (χ3n) is 13.0. The molecule has 3 aromatic heterocycles. The lowest BCUT2D eigenvalue weighted by atomic mass is 9.95. The SMILES string of the molecule is COC(=O)N[C@H](C(=O)N1CCC[C@H]1c1ncc(-c2cc3c(c(C4CC4)c2)-c2cc4cc(-c5cnc([C@@H]6CCCN6C(=O)[C@@H](NC(=O)OC)C(C)C)[nH]5)ccc4n2CO3)[nH]1)C(C)C. The Balaban J connectivity index is 0.969. The van der Waals surface area contributed by atoms with Gasteiger partial charge in [0.25, 0.3) is 0 Å². The molecule has 62 heavy (non-hydrogen) atoms. The number of aromatic amines is 2. The van der Waals surface area contributed by atoms with Gasteiger partial charge in [0.1, 0.15) is 29.5 Å². The van der Waals surface area contributed by atoms with Crippen LogP contribution in [0.3, 0.4) is 0 Å². The number of imidazole rings is 2. The molecule has 0 unspecified atom stereocenters. The number of rotatable bonds is 11. The number of methoxy groups -OCH3 is 2. The van der Waals surface area contributed by atoms with Crippen molar-refractivity contribution in [1.29, 1.82) is 0 Å². The molecule has 2 aromatic carbocycles. The minimum atomic E-state index is -0.702. The quantitative estimate of drug-likeness (QED) is 0.105. The number of H-pyrrole nitrogens is 2. The zero-order valence-electron chi connectivity index (χ0n) is 36.1. The van der Waals surface area contributed by atoms with E-state index in [4.69, 9.17) is 24.2 Å². The Labute approximate surface area is 360 Å². The molecule has 1 saturated carbocycles. The molecule has 2 saturated heterocycles. The molecule has 4 amide bonds. The zero-order chi connectivity index (χ0) is 43.4. The van der Waals surface area contributed by atoms with Crippen LogP contribution in [0.2, 0.25) is 0 Å². The summed E-state index contributed by atoms with van der Waals surface area (Å²) < 4.78 is 18.4. The highest BCUT2D eigenvalue weighted by Gasteiger charge is 2.40. The Kier molecular flexibility index (Phi) is 10.9. The Morgan fingerprint density at radius 1 is 0.742 bits per heavy atom. The van der Waals surface area contributed by atoms with Gasteiger partial charge in [0, 0.05) is 35.2 Å². The monoisotopic (exact) mass is 845 g/mol. The Hall–Kier alpha value is -6.32. The summed E-state index contributed by atoms with van der Waals surface area (Å²) in [7, 11) is 2.59. The van der Waals surface area contributed by atoms with Crippen LogP contribution in [-0.2, 0) is 25.8 Å². The second-order valence-electron chi connectivity index (χ2n) is 17.7. The molecule has 0 spiro atoms. The summed E-state index contributed by atoms with van der Waals surface area (Å²) in [6, 6.07) is 11.1. The van der Waals surface area contributed by atoms with E-state index < -0.39 is 24.3 Å². The van der Waals surface area contributed by atoms with Gasteiger partial charge in [-0.05, 0) is 92.2 Å². The van der Waals surface area contributed by atoms with Gasteiger partial charge >= 0.3 is 12.2 Å². The van der Waals surface area contributed by atoms with Crippen molar-refractivity contribution in [2.75, 3.05) is 27.3 Å². The summed E-state index contributed by atoms with van der Waals surface area (Å²) >= 11 is 0. The number of hydrogen-bond donors (Lipinski definition) is 4. The molecule has 3 fully saturated rings. The molecular weight excluding hydrogens is 791 g/mol. The molecule has 4 atom stereocenters. The number of hydrogen-bond acceptors (Lipinski definition) is 9. The number of aromatic nitrogens is 5. The number of nitrogens with one attached hydrogen (secondary N) is 4. The third-order valence-corrected chi connectivity index (χ3v) is 13.0. The summed E-state index contributed by atoms with van der Waals surface area (Å²) in [6.07, 6.45) is 7.86. The van der Waals surface area contributed by atoms with E-state index in [0.717, 1.165) is 101 Å². The van der Waals surface area contributed by atoms with Crippen LogP contribution in [0.15, 0.2) is 48.8 Å². The number of carbonyl (C=O) groups excluding carboxylic acids is 4. The first-order valence-electron chi connectivity index (χ1n) is 21.8. The number of ether oxygens (including phenoxy) is 3. The molecule has 0 radical (unpaired) electrons. The average Bonchev–Trinajstić information content (AvgIpc) is 3.85. The topological polar surface area (TPSA) is 189 Å². The van der Waals surface area contributed by atoms with Gasteiger partial charge in [-0.15, -0.1) is 0 Å². The normalized spacial score (nSPS) is 19.3. The molecule has 16 heteroatoms. The fourth-order valence-corrected chi connectivity index (χ4v) is 9.51. The maximum Gasteiger partial charge on any atom is 0.407 e. The maximum absolute atomic E-state index is 13.8. The van der Waals surface area contributed by atoms with Crippen molar-refractivity contribution in [3.63, 3.8) is 0 Å². The van der Waals surface area contributed by atoms with E-state index in [1.807, 2.05) is 49.9 Å². The van der Waals surface area contributed by atoms with Crippen molar-refractivity contribution in [1.82, 2.24) is 44.9 Å². The summed E-state index contributed by atoms with van der Waals surface area (Å²) in [5.41, 5.74) is 8.23. The molecule has 326 valence electrons. The van der Waals surface area contributed by atoms with Gasteiger partial charge in [0.15, 0.2) is 6.73 Å². The number of benzene rings is 2. The van der Waals surface area contributed by atoms with E-state index in [2.05, 4.69) is 61.6 Å². The molecule has 9 rings (SSSR count). The number of amides is 4. The Morgan fingerprint density at radius 3 is 1.84 bits per heavy atom. The lowest BCUT2D eigenvalue weighted by Gasteiger charge is -2.30. The summed E-state index contributed by atoms with van der Waals surface area (Å²) in [5.74, 6) is 2.18. The van der Waals surface area contributed by atoms with Crippen molar-refractivity contribution in [2.24, 2.45) is 11.8 Å². The van der Waals surface area contributed by atoms with Crippen LogP contribution in [0.25, 0.3) is 44.7 Å². The molecular formula is C46H55N9O7. The maximum atomic E-state index is 13.8. The number of nitrogens with zero attached hydrogens (tertiary/aromatic N) is 5. The fraction of sp³-hybridized carbons (Fsp3) is 0.478. The predicted octanol–water partition coefficient (Wildman–Crippen LogP) is 7.40. The van der Waals surface area contributed by atoms with Gasteiger partial charge in [-0.1, -0.05) is 33.8 Å². The van der Waals surface area contributed by atoms with Gasteiger partial charge in [0.05, 0.1) is 61.3 Å². The average molecular weight is 846 g/mol. The van der Waals surface area contributed by atoms with E-state index in [1.165, 1.54) is 19.8 Å². The molecule has 1 aliphatic carbocycles. The highest BCUT2D eigenvalue weighted by molar-refractivity contribution is 5.93. The van der Waals surface area contributed by atoms with Gasteiger partial charge in [0.2, 0.25) is 11.8 Å². The highest BCUT2D eigenvalue weighted by atomic mass is 16.5. The van der Waals surface area contributed by atoms with Crippen molar-refractivity contribution in [3.05, 3.63) is 66.0 Å². The second kappa shape index (κ2) is 16.5. The van der Waals surface area contributed by atoms with Gasteiger partial charge in [-0.25, -0.2) is 19.6 Å². The predicted molar refractivity (Wildman–Crippen MR) is 231 cm³/mol. The molecule has 0 bridgehead atoms. The molecule has 4 aliphatic rings. The highest BCUT2D eigenvalue weighted by Crippen LogP contribution is 2.51. The fourth-order valence-electron chi connectivity index (χ4n) is 9.51. The summed E-state index contributed by atoms with van der Waals surface area (Å²) in [5, 5.41) is 6.52. The van der Waals surface area contributed by atoms with Gasteiger partial charge in [-0.3, -0.25) is 9.59 Å². The van der Waals surface area contributed by atoms with E-state index in [-0.39, 0.29) is 35.7 Å². The van der Waals surface area contributed by atoms with Crippen LogP contribution in [0.1, 0.15) is 101 Å². The van der Waals surface area contributed by atoms with Crippen LogP contribution in [0, 0.1) is 11.8 Å². The molecule has 6 heterocycles. The van der Waals surface area contributed by atoms with E-state index in [9.17, 15) is 19.2 Å². The van der Waals surface area contributed by atoms with Crippen molar-refractivity contribution >= 4 is 34.9 Å². The smallest absolute Gasteiger partial charge is 0.407 e. The summed E-state index contributed by atoms with van der Waals surface area (Å²) in [6.45, 7) is 9.17. The number of carbonyl (C=O) groups is 4. The van der Waals surface area contributed by atoms with Crippen LogP contribution in [0.5, 0.6) is 5.75 Å². The standard InChI is InChI=1S/C46H55N9O7/c1-24(2)39(51-45(58)60-5)43(56)53-15-7-9-34(53)41-47-21-31(49-41)27-13-14-33-29(17-27)19-36-38-30(26-11-12-26)18-28(20-37(38)62-23-55(33)36)32-22-48-42(50-32)35-10-8-16-54(35)44(57)40(25(3)4)52-46(59)61-6/h13-14,17-22,24-26,34-35,39-40H,7-12,15-16,23H2,1-6H3,(H,47,49)(H,48,50)(H,51,58)(H,52,59)/t34-,35-,39-,40-/m0/s1. The van der Waals surface area contributed by atoms with E-state index >= 15 is 0 Å². The summed E-state index contributed by atoms with van der Waals surface area (Å²) in [4.78, 5) is 71.9. The first-order valence-corrected chi connectivity index (χ1v) is 21.8. The number of fused-ring (bicyclic) bond motifs is 5. The molecule has 16 nitrogen and oxygen atoms in total. The van der Waals surface area contributed by atoms with Gasteiger partial charge in [-0.2, -0.15) is 0 Å². The van der Waals surface area contributed by atoms with Crippen molar-refractivity contribution < 1.29 is 33.4 Å². The lowest BCUT2D eigenvalue weighted by molar-refractivity contribution is -0.136. The molecule has 5 aromatic rings. The lowest BCUT2D eigenvalue weighted by Crippen LogP contribution is -2.51. The van der Waals surface area contributed by atoms with Crippen LogP contribution in [-0.4, -0.2) is 97.7 Å². The largest absolute Gasteiger partial charge is 0.472 e. The third kappa shape index (κ3) is 7.53. The number of likely N-dealkylation sites (tertiary alicyclic amines) is 2. The van der Waals surface area contributed by atoms with Crippen molar-refractivity contribution in [3.8, 4) is 39.5 Å². The van der Waals surface area contributed by atoms with Crippen LogP contribution >= 0.6 is 0 Å². The Bertz CT molecular complexity index is 2530. The zero-order valence-corrected chi connectivity index (χ0v) is 36.1. The van der Waals surface area contributed by atoms with Crippen LogP contribution < -0.4 is 15.4 Å². The van der Waals surface area contributed by atoms with Crippen molar-refractivity contribution in [2.45, 2.75) is 103 Å². The minimum absolute atomic E-state index is 0.115. The Morgan fingerprint density at radius 2 is 1.31 bits per heavy atom. The van der Waals surface area contributed by atoms with Crippen LogP contribution in [0.4, 0.5) is 9.59 Å². The minimum Gasteiger partial charge on any atom is -0.472 e.